The first kappa shape index (κ1) is 22.8. The van der Waals surface area contributed by atoms with Crippen molar-refractivity contribution in [3.8, 4) is 23.0 Å². The highest BCUT2D eigenvalue weighted by atomic mass is 16.5. The number of para-hydroxylation sites is 2. The number of likely N-dealkylation sites (N-methyl/N-ethyl adjacent to an activating group) is 1. The minimum Gasteiger partial charge on any atom is -0.493 e. The molecule has 0 amide bonds. The van der Waals surface area contributed by atoms with E-state index in [1.165, 1.54) is 0 Å². The molecule has 0 radical (unpaired) electrons. The molecule has 0 saturated heterocycles. The third-order valence-electron chi connectivity index (χ3n) is 4.13. The Morgan fingerprint density at radius 1 is 0.966 bits per heavy atom. The molecule has 0 aromatic heterocycles. The van der Waals surface area contributed by atoms with E-state index in [1.54, 1.807) is 7.11 Å². The molecule has 0 unspecified atom stereocenters. The Labute approximate surface area is 172 Å². The first-order valence-corrected chi connectivity index (χ1v) is 9.69. The van der Waals surface area contributed by atoms with Crippen molar-refractivity contribution in [1.29, 1.82) is 0 Å². The van der Waals surface area contributed by atoms with E-state index in [-0.39, 0.29) is 19.8 Å². The zero-order chi connectivity index (χ0) is 21.1. The van der Waals surface area contributed by atoms with Crippen LogP contribution < -0.4 is 18.9 Å². The molecule has 7 heteroatoms. The van der Waals surface area contributed by atoms with E-state index in [9.17, 15) is 5.11 Å². The van der Waals surface area contributed by atoms with Crippen LogP contribution in [-0.2, 0) is 6.54 Å². The van der Waals surface area contributed by atoms with E-state index in [1.807, 2.05) is 61.3 Å². The molecule has 0 spiro atoms. The van der Waals surface area contributed by atoms with Crippen molar-refractivity contribution >= 4 is 0 Å². The van der Waals surface area contributed by atoms with Crippen molar-refractivity contribution < 1.29 is 29.2 Å². The summed E-state index contributed by atoms with van der Waals surface area (Å²) in [6.45, 7) is 3.88. The van der Waals surface area contributed by atoms with Gasteiger partial charge in [0.15, 0.2) is 23.0 Å². The molecule has 0 saturated carbocycles. The maximum absolute atomic E-state index is 10.3. The summed E-state index contributed by atoms with van der Waals surface area (Å²) in [5.41, 5.74) is 1.02. The van der Waals surface area contributed by atoms with Crippen molar-refractivity contribution in [3.63, 3.8) is 0 Å². The van der Waals surface area contributed by atoms with Crippen LogP contribution in [0, 0.1) is 0 Å². The minimum absolute atomic E-state index is 0.0529. The molecule has 2 aromatic carbocycles. The summed E-state index contributed by atoms with van der Waals surface area (Å²) in [4.78, 5) is 2.01. The zero-order valence-electron chi connectivity index (χ0n) is 17.3. The molecule has 0 fully saturated rings. The zero-order valence-corrected chi connectivity index (χ0v) is 17.3. The van der Waals surface area contributed by atoms with E-state index in [4.69, 9.17) is 24.1 Å². The first-order valence-electron chi connectivity index (χ1n) is 9.69. The molecule has 2 aromatic rings. The second kappa shape index (κ2) is 12.2. The number of aliphatic hydroxyl groups is 2. The van der Waals surface area contributed by atoms with Crippen molar-refractivity contribution in [2.45, 2.75) is 19.6 Å². The van der Waals surface area contributed by atoms with Crippen LogP contribution in [0.4, 0.5) is 0 Å². The summed E-state index contributed by atoms with van der Waals surface area (Å²) < 4.78 is 22.1. The van der Waals surface area contributed by atoms with Crippen LogP contribution in [-0.4, -0.2) is 68.3 Å². The molecule has 7 nitrogen and oxygen atoms in total. The molecule has 0 bridgehead atoms. The van der Waals surface area contributed by atoms with Gasteiger partial charge >= 0.3 is 0 Å². The number of hydrogen-bond acceptors (Lipinski definition) is 7. The Bertz CT molecular complexity index is 739. The fraction of sp³-hybridized carbons (Fsp3) is 0.455. The van der Waals surface area contributed by atoms with Crippen molar-refractivity contribution in [3.05, 3.63) is 48.0 Å². The van der Waals surface area contributed by atoms with Gasteiger partial charge in [-0.3, -0.25) is 4.90 Å². The lowest BCUT2D eigenvalue weighted by atomic mass is 10.2. The van der Waals surface area contributed by atoms with E-state index in [0.29, 0.717) is 42.7 Å². The number of aliphatic hydroxyl groups excluding tert-OH is 2. The molecule has 29 heavy (non-hydrogen) atoms. The molecule has 0 aliphatic carbocycles. The summed E-state index contributed by atoms with van der Waals surface area (Å²) in [6, 6.07) is 13.1. The lowest BCUT2D eigenvalue weighted by Crippen LogP contribution is -2.32. The standard InChI is InChI=1S/C22H31NO6/c1-4-27-19-7-5-6-8-20(19)29-16-18(25)15-23(2)14-17-9-10-21(28-12-11-24)22(13-17)26-3/h5-10,13,18,24-25H,4,11-12,14-16H2,1-3H3/t18-/m1/s1. The van der Waals surface area contributed by atoms with Gasteiger partial charge in [0.05, 0.1) is 20.3 Å². The second-order valence-electron chi connectivity index (χ2n) is 6.60. The molecular formula is C22H31NO6. The van der Waals surface area contributed by atoms with E-state index in [2.05, 4.69) is 0 Å². The average molecular weight is 405 g/mol. The molecular weight excluding hydrogens is 374 g/mol. The van der Waals surface area contributed by atoms with Crippen molar-refractivity contribution in [1.82, 2.24) is 4.90 Å². The maximum atomic E-state index is 10.3. The van der Waals surface area contributed by atoms with Crippen molar-refractivity contribution in [2.24, 2.45) is 0 Å². The van der Waals surface area contributed by atoms with Crippen LogP contribution in [0.25, 0.3) is 0 Å². The number of benzene rings is 2. The highest BCUT2D eigenvalue weighted by molar-refractivity contribution is 5.43. The number of rotatable bonds is 13. The summed E-state index contributed by atoms with van der Waals surface area (Å²) >= 11 is 0. The lowest BCUT2D eigenvalue weighted by Gasteiger charge is -2.22. The van der Waals surface area contributed by atoms with Crippen LogP contribution in [0.1, 0.15) is 12.5 Å². The Kier molecular flexibility index (Phi) is 9.56. The highest BCUT2D eigenvalue weighted by Gasteiger charge is 2.13. The molecule has 2 rings (SSSR count). The van der Waals surface area contributed by atoms with Crippen LogP contribution in [0.3, 0.4) is 0 Å². The van der Waals surface area contributed by atoms with Gasteiger partial charge in [-0.25, -0.2) is 0 Å². The van der Waals surface area contributed by atoms with Crippen molar-refractivity contribution in [2.75, 3.05) is 47.1 Å². The van der Waals surface area contributed by atoms with Gasteiger partial charge in [-0.15, -0.1) is 0 Å². The lowest BCUT2D eigenvalue weighted by molar-refractivity contribution is 0.0730. The van der Waals surface area contributed by atoms with Gasteiger partial charge in [0.2, 0.25) is 0 Å². The summed E-state index contributed by atoms with van der Waals surface area (Å²) in [6.07, 6.45) is -0.649. The maximum Gasteiger partial charge on any atom is 0.161 e. The van der Waals surface area contributed by atoms with Gasteiger partial charge in [-0.2, -0.15) is 0 Å². The Morgan fingerprint density at radius 3 is 2.31 bits per heavy atom. The Morgan fingerprint density at radius 2 is 1.66 bits per heavy atom. The molecule has 1 atom stereocenters. The fourth-order valence-corrected chi connectivity index (χ4v) is 2.90. The number of hydrogen-bond donors (Lipinski definition) is 2. The average Bonchev–Trinajstić information content (AvgIpc) is 2.72. The number of nitrogens with zero attached hydrogens (tertiary/aromatic N) is 1. The van der Waals surface area contributed by atoms with Crippen LogP contribution in [0.15, 0.2) is 42.5 Å². The van der Waals surface area contributed by atoms with E-state index < -0.39 is 6.10 Å². The highest BCUT2D eigenvalue weighted by Crippen LogP contribution is 2.29. The Balaban J connectivity index is 1.86. The minimum atomic E-state index is -0.649. The van der Waals surface area contributed by atoms with Crippen LogP contribution in [0.5, 0.6) is 23.0 Å². The summed E-state index contributed by atoms with van der Waals surface area (Å²) in [5.74, 6) is 2.50. The van der Waals surface area contributed by atoms with Gasteiger partial charge in [-0.05, 0) is 43.8 Å². The number of methoxy groups -OCH3 is 1. The SMILES string of the molecule is CCOc1ccccc1OC[C@H](O)CN(C)Cc1ccc(OCCO)c(OC)c1. The van der Waals surface area contributed by atoms with E-state index in [0.717, 1.165) is 5.56 Å². The predicted molar refractivity (Wildman–Crippen MR) is 111 cm³/mol. The molecule has 0 aliphatic heterocycles. The molecule has 160 valence electrons. The van der Waals surface area contributed by atoms with Crippen LogP contribution in [0.2, 0.25) is 0 Å². The quantitative estimate of drug-likeness (QED) is 0.529. The third kappa shape index (κ3) is 7.45. The Hall–Kier alpha value is -2.48. The van der Waals surface area contributed by atoms with Crippen LogP contribution >= 0.6 is 0 Å². The monoisotopic (exact) mass is 405 g/mol. The summed E-state index contributed by atoms with van der Waals surface area (Å²) in [5, 5.41) is 19.2. The second-order valence-corrected chi connectivity index (χ2v) is 6.60. The molecule has 0 heterocycles. The largest absolute Gasteiger partial charge is 0.493 e. The predicted octanol–water partition coefficient (Wildman–Crippen LogP) is 2.34. The van der Waals surface area contributed by atoms with Gasteiger partial charge in [0.25, 0.3) is 0 Å². The summed E-state index contributed by atoms with van der Waals surface area (Å²) in [7, 11) is 3.51. The van der Waals surface area contributed by atoms with Gasteiger partial charge in [0.1, 0.15) is 19.3 Å². The molecule has 2 N–H and O–H groups in total. The normalized spacial score (nSPS) is 11.9. The number of ether oxygens (including phenoxy) is 4. The third-order valence-corrected chi connectivity index (χ3v) is 4.13. The molecule has 0 aliphatic rings. The topological polar surface area (TPSA) is 80.6 Å². The van der Waals surface area contributed by atoms with Gasteiger partial charge < -0.3 is 29.2 Å². The first-order chi connectivity index (χ1) is 14.1. The smallest absolute Gasteiger partial charge is 0.161 e. The fourth-order valence-electron chi connectivity index (χ4n) is 2.90. The van der Waals surface area contributed by atoms with E-state index >= 15 is 0 Å². The van der Waals surface area contributed by atoms with Gasteiger partial charge in [-0.1, -0.05) is 18.2 Å². The van der Waals surface area contributed by atoms with Gasteiger partial charge in [0, 0.05) is 13.1 Å².